The summed E-state index contributed by atoms with van der Waals surface area (Å²) in [6.07, 6.45) is 1.83. The van der Waals surface area contributed by atoms with Crippen molar-refractivity contribution in [3.63, 3.8) is 0 Å². The van der Waals surface area contributed by atoms with Crippen LogP contribution in [0.5, 0.6) is 0 Å². The molecule has 3 aromatic rings. The fraction of sp³-hybridized carbons (Fsp3) is 0.316. The Hall–Kier alpha value is -2.24. The molecule has 0 amide bonds. The van der Waals surface area contributed by atoms with Gasteiger partial charge in [-0.25, -0.2) is 0 Å². The molecule has 130 valence electrons. The summed E-state index contributed by atoms with van der Waals surface area (Å²) < 4.78 is 1.77. The lowest BCUT2D eigenvalue weighted by Crippen LogP contribution is -2.42. The van der Waals surface area contributed by atoms with Crippen LogP contribution < -0.4 is 5.32 Å². The van der Waals surface area contributed by atoms with E-state index in [-0.39, 0.29) is 5.54 Å². The zero-order valence-electron chi connectivity index (χ0n) is 14.5. The molecule has 0 saturated heterocycles. The Morgan fingerprint density at radius 1 is 1.08 bits per heavy atom. The minimum atomic E-state index is -0.322. The predicted octanol–water partition coefficient (Wildman–Crippen LogP) is 3.77. The summed E-state index contributed by atoms with van der Waals surface area (Å²) in [6.45, 7) is 5.12. The largest absolute Gasteiger partial charge is 0.305 e. The van der Waals surface area contributed by atoms with Gasteiger partial charge in [0.1, 0.15) is 0 Å². The number of tetrazole rings is 1. The lowest BCUT2D eigenvalue weighted by molar-refractivity contribution is 0.329. The monoisotopic (exact) mass is 355 g/mol. The van der Waals surface area contributed by atoms with Crippen LogP contribution in [0.3, 0.4) is 0 Å². The zero-order chi connectivity index (χ0) is 17.7. The first-order valence-electron chi connectivity index (χ1n) is 8.46. The number of hydrogen-bond acceptors (Lipinski definition) is 4. The number of rotatable bonds is 7. The first-order valence-corrected chi connectivity index (χ1v) is 8.84. The number of hydrogen-bond donors (Lipinski definition) is 1. The molecule has 0 saturated carbocycles. The summed E-state index contributed by atoms with van der Waals surface area (Å²) in [5, 5.41) is 16.7. The molecule has 0 aliphatic rings. The lowest BCUT2D eigenvalue weighted by Gasteiger charge is -2.28. The highest BCUT2D eigenvalue weighted by Crippen LogP contribution is 2.24. The van der Waals surface area contributed by atoms with Crippen molar-refractivity contribution in [1.29, 1.82) is 0 Å². The van der Waals surface area contributed by atoms with Gasteiger partial charge in [0, 0.05) is 11.6 Å². The average Bonchev–Trinajstić information content (AvgIpc) is 3.13. The summed E-state index contributed by atoms with van der Waals surface area (Å²) in [5.74, 6) is 0.797. The smallest absolute Gasteiger partial charge is 0.176 e. The van der Waals surface area contributed by atoms with Crippen molar-refractivity contribution in [1.82, 2.24) is 25.5 Å². The van der Waals surface area contributed by atoms with Gasteiger partial charge in [0.05, 0.1) is 11.2 Å². The molecule has 0 fully saturated rings. The highest BCUT2D eigenvalue weighted by atomic mass is 35.5. The SMILES string of the molecule is CCC(C)(NCCc1ccccc1)c1nnnn1-c1ccc(Cl)cc1. The molecule has 1 heterocycles. The Morgan fingerprint density at radius 2 is 1.80 bits per heavy atom. The summed E-state index contributed by atoms with van der Waals surface area (Å²) in [4.78, 5) is 0. The maximum Gasteiger partial charge on any atom is 0.176 e. The number of aromatic nitrogens is 4. The summed E-state index contributed by atoms with van der Waals surface area (Å²) in [5.41, 5.74) is 1.89. The molecule has 5 nitrogen and oxygen atoms in total. The molecule has 3 rings (SSSR count). The second kappa shape index (κ2) is 7.76. The molecule has 2 aromatic carbocycles. The summed E-state index contributed by atoms with van der Waals surface area (Å²) in [6, 6.07) is 18.0. The van der Waals surface area contributed by atoms with E-state index < -0.39 is 0 Å². The van der Waals surface area contributed by atoms with Crippen molar-refractivity contribution < 1.29 is 0 Å². The van der Waals surface area contributed by atoms with E-state index >= 15 is 0 Å². The van der Waals surface area contributed by atoms with E-state index in [4.69, 9.17) is 11.6 Å². The van der Waals surface area contributed by atoms with Crippen LogP contribution in [0, 0.1) is 0 Å². The molecule has 25 heavy (non-hydrogen) atoms. The van der Waals surface area contributed by atoms with E-state index in [9.17, 15) is 0 Å². The van der Waals surface area contributed by atoms with Gasteiger partial charge in [-0.05, 0) is 60.0 Å². The Bertz CT molecular complexity index is 800. The van der Waals surface area contributed by atoms with E-state index in [1.807, 2.05) is 30.3 Å². The number of nitrogens with one attached hydrogen (secondary N) is 1. The summed E-state index contributed by atoms with van der Waals surface area (Å²) >= 11 is 5.98. The first-order chi connectivity index (χ1) is 12.1. The van der Waals surface area contributed by atoms with Gasteiger partial charge in [0.2, 0.25) is 0 Å². The van der Waals surface area contributed by atoms with Crippen molar-refractivity contribution in [2.75, 3.05) is 6.54 Å². The van der Waals surface area contributed by atoms with Crippen molar-refractivity contribution in [2.24, 2.45) is 0 Å². The Balaban J connectivity index is 1.78. The van der Waals surface area contributed by atoms with Gasteiger partial charge in [-0.2, -0.15) is 4.68 Å². The Labute approximate surface area is 153 Å². The highest BCUT2D eigenvalue weighted by Gasteiger charge is 2.30. The quantitative estimate of drug-likeness (QED) is 0.700. The first kappa shape index (κ1) is 17.6. The fourth-order valence-corrected chi connectivity index (χ4v) is 2.90. The van der Waals surface area contributed by atoms with Crippen molar-refractivity contribution in [3.05, 3.63) is 71.0 Å². The molecule has 1 atom stereocenters. The third-order valence-corrected chi connectivity index (χ3v) is 4.76. The molecule has 0 radical (unpaired) electrons. The molecule has 6 heteroatoms. The van der Waals surface area contributed by atoms with Crippen molar-refractivity contribution >= 4 is 11.6 Å². The van der Waals surface area contributed by atoms with Crippen LogP contribution in [0.1, 0.15) is 31.7 Å². The van der Waals surface area contributed by atoms with Crippen LogP contribution in [0.4, 0.5) is 0 Å². The van der Waals surface area contributed by atoms with Gasteiger partial charge in [-0.3, -0.25) is 0 Å². The maximum absolute atomic E-state index is 5.98. The van der Waals surface area contributed by atoms with Gasteiger partial charge < -0.3 is 5.32 Å². The molecule has 1 aromatic heterocycles. The van der Waals surface area contributed by atoms with Gasteiger partial charge >= 0.3 is 0 Å². The van der Waals surface area contributed by atoms with E-state index in [0.717, 1.165) is 30.9 Å². The van der Waals surface area contributed by atoms with Gasteiger partial charge in [0.15, 0.2) is 5.82 Å². The van der Waals surface area contributed by atoms with Crippen LogP contribution in [-0.2, 0) is 12.0 Å². The standard InChI is InChI=1S/C19H22ClN5/c1-3-19(2,21-14-13-15-7-5-4-6-8-15)18-22-23-24-25(18)17-11-9-16(20)10-12-17/h4-12,21H,3,13-14H2,1-2H3. The molecule has 0 bridgehead atoms. The van der Waals surface area contributed by atoms with Gasteiger partial charge in [-0.15, -0.1) is 5.10 Å². The molecule has 0 aliphatic heterocycles. The van der Waals surface area contributed by atoms with Crippen LogP contribution in [-0.4, -0.2) is 26.8 Å². The second-order valence-corrected chi connectivity index (χ2v) is 6.68. The summed E-state index contributed by atoms with van der Waals surface area (Å²) in [7, 11) is 0. The number of nitrogens with zero attached hydrogens (tertiary/aromatic N) is 4. The minimum Gasteiger partial charge on any atom is -0.305 e. The van der Waals surface area contributed by atoms with Crippen LogP contribution in [0.15, 0.2) is 54.6 Å². The van der Waals surface area contributed by atoms with Crippen LogP contribution in [0.25, 0.3) is 5.69 Å². The van der Waals surface area contributed by atoms with Gasteiger partial charge in [-0.1, -0.05) is 48.9 Å². The third kappa shape index (κ3) is 4.06. The molecule has 1 unspecified atom stereocenters. The minimum absolute atomic E-state index is 0.322. The van der Waals surface area contributed by atoms with E-state index in [0.29, 0.717) is 5.02 Å². The highest BCUT2D eigenvalue weighted by molar-refractivity contribution is 6.30. The molecular weight excluding hydrogens is 334 g/mol. The molecule has 0 spiro atoms. The Kier molecular flexibility index (Phi) is 5.46. The normalized spacial score (nSPS) is 13.6. The maximum atomic E-state index is 5.98. The second-order valence-electron chi connectivity index (χ2n) is 6.24. The lowest BCUT2D eigenvalue weighted by atomic mass is 9.97. The van der Waals surface area contributed by atoms with Crippen molar-refractivity contribution in [3.8, 4) is 5.69 Å². The van der Waals surface area contributed by atoms with E-state index in [1.165, 1.54) is 5.56 Å². The fourth-order valence-electron chi connectivity index (χ4n) is 2.78. The van der Waals surface area contributed by atoms with Crippen molar-refractivity contribution in [2.45, 2.75) is 32.2 Å². The molecular formula is C19H22ClN5. The predicted molar refractivity (Wildman–Crippen MR) is 100.0 cm³/mol. The third-order valence-electron chi connectivity index (χ3n) is 4.51. The van der Waals surface area contributed by atoms with Crippen LogP contribution >= 0.6 is 11.6 Å². The number of halogens is 1. The molecule has 0 aliphatic carbocycles. The average molecular weight is 356 g/mol. The van der Waals surface area contributed by atoms with Crippen LogP contribution in [0.2, 0.25) is 5.02 Å². The van der Waals surface area contributed by atoms with E-state index in [1.54, 1.807) is 4.68 Å². The van der Waals surface area contributed by atoms with Gasteiger partial charge in [0.25, 0.3) is 0 Å². The topological polar surface area (TPSA) is 55.6 Å². The molecule has 1 N–H and O–H groups in total. The number of benzene rings is 2. The van der Waals surface area contributed by atoms with E-state index in [2.05, 4.69) is 59.0 Å². The Morgan fingerprint density at radius 3 is 2.48 bits per heavy atom. The zero-order valence-corrected chi connectivity index (χ0v) is 15.2.